The van der Waals surface area contributed by atoms with E-state index in [4.69, 9.17) is 0 Å². The van der Waals surface area contributed by atoms with Crippen LogP contribution in [0, 0.1) is 0 Å². The highest BCUT2D eigenvalue weighted by molar-refractivity contribution is 5.38. The Morgan fingerprint density at radius 3 is 2.53 bits per heavy atom. The molecule has 0 aromatic carbocycles. The van der Waals surface area contributed by atoms with Crippen LogP contribution in [0.5, 0.6) is 0 Å². The predicted molar refractivity (Wildman–Crippen MR) is 76.2 cm³/mol. The van der Waals surface area contributed by atoms with Gasteiger partial charge in [0.2, 0.25) is 0 Å². The topological polar surface area (TPSA) is 15.3 Å². The molecular weight excluding hydrogens is 208 g/mol. The number of hydrogen-bond donors (Lipinski definition) is 1. The highest BCUT2D eigenvalue weighted by atomic mass is 15.2. The summed E-state index contributed by atoms with van der Waals surface area (Å²) in [6.07, 6.45) is 11.5. The maximum Gasteiger partial charge on any atom is 0.0349 e. The van der Waals surface area contributed by atoms with Gasteiger partial charge in [-0.1, -0.05) is 38.2 Å². The summed E-state index contributed by atoms with van der Waals surface area (Å²) in [5.41, 5.74) is 3.11. The van der Waals surface area contributed by atoms with Gasteiger partial charge in [-0.2, -0.15) is 0 Å². The van der Waals surface area contributed by atoms with E-state index in [0.717, 1.165) is 19.0 Å². The smallest absolute Gasteiger partial charge is 0.0349 e. The minimum Gasteiger partial charge on any atom is -0.314 e. The van der Waals surface area contributed by atoms with Crippen LogP contribution in [0.25, 0.3) is 0 Å². The molecule has 1 saturated heterocycles. The molecule has 0 spiro atoms. The number of nitrogens with zero attached hydrogens (tertiary/aromatic N) is 1. The van der Waals surface area contributed by atoms with Gasteiger partial charge in [0.1, 0.15) is 0 Å². The average Bonchev–Trinajstić information content (AvgIpc) is 2.54. The Hall–Kier alpha value is -0.860. The molecule has 2 nitrogen and oxygen atoms in total. The van der Waals surface area contributed by atoms with Crippen LogP contribution in [0.15, 0.2) is 35.5 Å². The first-order valence-electron chi connectivity index (χ1n) is 6.93. The molecule has 0 unspecified atom stereocenters. The Bertz CT molecular complexity index is 340. The van der Waals surface area contributed by atoms with Crippen molar-refractivity contribution in [1.29, 1.82) is 0 Å². The van der Waals surface area contributed by atoms with Crippen molar-refractivity contribution in [3.63, 3.8) is 0 Å². The molecule has 0 radical (unpaired) electrons. The van der Waals surface area contributed by atoms with Crippen molar-refractivity contribution < 1.29 is 1.43 Å². The molecular formula is C15H26N2. The van der Waals surface area contributed by atoms with Gasteiger partial charge in [-0.05, 0) is 24.0 Å². The third-order valence-corrected chi connectivity index (χ3v) is 3.64. The lowest BCUT2D eigenvalue weighted by Crippen LogP contribution is -2.58. The van der Waals surface area contributed by atoms with Gasteiger partial charge >= 0.3 is 0 Å². The summed E-state index contributed by atoms with van der Waals surface area (Å²) in [4.78, 5) is 2.62. The Labute approximate surface area is 107 Å². The molecule has 0 bridgehead atoms. The molecule has 3 aliphatic rings. The second-order valence-corrected chi connectivity index (χ2v) is 4.62. The van der Waals surface area contributed by atoms with E-state index in [1.165, 1.54) is 26.1 Å². The second-order valence-electron chi connectivity index (χ2n) is 4.62. The van der Waals surface area contributed by atoms with Gasteiger partial charge in [-0.15, -0.1) is 0 Å². The largest absolute Gasteiger partial charge is 0.314 e. The first-order valence-corrected chi connectivity index (χ1v) is 6.93. The van der Waals surface area contributed by atoms with Crippen molar-refractivity contribution >= 4 is 0 Å². The summed E-state index contributed by atoms with van der Waals surface area (Å²) in [5, 5.41) is 3.35. The van der Waals surface area contributed by atoms with Gasteiger partial charge < -0.3 is 5.32 Å². The predicted octanol–water partition coefficient (Wildman–Crippen LogP) is 2.75. The normalized spacial score (nSPS) is 24.6. The maximum absolute atomic E-state index is 3.35. The summed E-state index contributed by atoms with van der Waals surface area (Å²) in [6.45, 7) is 8.76. The number of rotatable bonds is 1. The zero-order valence-electron chi connectivity index (χ0n) is 11.1. The summed E-state index contributed by atoms with van der Waals surface area (Å²) in [5.74, 6) is 0. The Morgan fingerprint density at radius 2 is 1.88 bits per heavy atom. The summed E-state index contributed by atoms with van der Waals surface area (Å²) in [6, 6.07) is 0.791. The lowest BCUT2D eigenvalue weighted by Gasteiger charge is -2.41. The van der Waals surface area contributed by atoms with Crippen molar-refractivity contribution in [2.45, 2.75) is 32.7 Å². The van der Waals surface area contributed by atoms with Gasteiger partial charge in [0.05, 0.1) is 0 Å². The van der Waals surface area contributed by atoms with Gasteiger partial charge in [0.25, 0.3) is 0 Å². The second kappa shape index (κ2) is 6.18. The van der Waals surface area contributed by atoms with Gasteiger partial charge in [-0.25, -0.2) is 0 Å². The molecule has 96 valence electrons. The van der Waals surface area contributed by atoms with Crippen molar-refractivity contribution in [2.75, 3.05) is 26.2 Å². The molecule has 2 heteroatoms. The van der Waals surface area contributed by atoms with Gasteiger partial charge in [-0.3, -0.25) is 4.90 Å². The SMILES string of the molecule is C1=CC2=C(C=CC1)CN(C1CNC1)CC2.CC.[HH]. The first-order chi connectivity index (χ1) is 8.43. The van der Waals surface area contributed by atoms with Gasteiger partial charge in [0, 0.05) is 33.6 Å². The molecule has 2 aliphatic heterocycles. The lowest BCUT2D eigenvalue weighted by molar-refractivity contribution is 0.154. The van der Waals surface area contributed by atoms with E-state index >= 15 is 0 Å². The van der Waals surface area contributed by atoms with E-state index < -0.39 is 0 Å². The molecule has 3 rings (SSSR count). The van der Waals surface area contributed by atoms with E-state index in [9.17, 15) is 0 Å². The zero-order chi connectivity index (χ0) is 12.1. The summed E-state index contributed by atoms with van der Waals surface area (Å²) < 4.78 is 0. The standard InChI is InChI=1S/C13H18N2.C2H6.H2/c1-2-4-11-6-7-15(13-8-14-9-13)10-12(11)5-3-1;1-2;/h2-5,13-14H,1,6-10H2;1-2H3;1H. The molecule has 1 aliphatic carbocycles. The van der Waals surface area contributed by atoms with Crippen LogP contribution in [0.2, 0.25) is 0 Å². The molecule has 0 amide bonds. The van der Waals surface area contributed by atoms with E-state index in [-0.39, 0.29) is 1.43 Å². The molecule has 0 aromatic rings. The van der Waals surface area contributed by atoms with Crippen molar-refractivity contribution in [2.24, 2.45) is 0 Å². The van der Waals surface area contributed by atoms with Crippen LogP contribution < -0.4 is 5.32 Å². The van der Waals surface area contributed by atoms with E-state index in [1.54, 1.807) is 11.1 Å². The van der Waals surface area contributed by atoms with E-state index in [2.05, 4.69) is 34.5 Å². The highest BCUT2D eigenvalue weighted by Crippen LogP contribution is 2.24. The third kappa shape index (κ3) is 2.88. The highest BCUT2D eigenvalue weighted by Gasteiger charge is 2.27. The van der Waals surface area contributed by atoms with Crippen LogP contribution >= 0.6 is 0 Å². The molecule has 17 heavy (non-hydrogen) atoms. The minimum atomic E-state index is 0. The first kappa shape index (κ1) is 12.6. The zero-order valence-corrected chi connectivity index (χ0v) is 11.1. The maximum atomic E-state index is 3.35. The number of hydrogen-bond acceptors (Lipinski definition) is 2. The molecule has 1 N–H and O–H groups in total. The molecule has 1 fully saturated rings. The fourth-order valence-corrected chi connectivity index (χ4v) is 2.52. The van der Waals surface area contributed by atoms with Crippen LogP contribution in [0.1, 0.15) is 28.1 Å². The van der Waals surface area contributed by atoms with Crippen LogP contribution in [0.4, 0.5) is 0 Å². The fourth-order valence-electron chi connectivity index (χ4n) is 2.52. The Balaban J connectivity index is 0.000000516. The summed E-state index contributed by atoms with van der Waals surface area (Å²) in [7, 11) is 0. The van der Waals surface area contributed by atoms with Crippen molar-refractivity contribution in [3.8, 4) is 0 Å². The molecule has 0 saturated carbocycles. The van der Waals surface area contributed by atoms with Crippen LogP contribution in [0.3, 0.4) is 0 Å². The molecule has 2 heterocycles. The third-order valence-electron chi connectivity index (χ3n) is 3.64. The lowest BCUT2D eigenvalue weighted by atomic mass is 9.97. The monoisotopic (exact) mass is 234 g/mol. The number of allylic oxidation sites excluding steroid dienone is 3. The van der Waals surface area contributed by atoms with Crippen LogP contribution in [-0.4, -0.2) is 37.1 Å². The van der Waals surface area contributed by atoms with E-state index in [0.29, 0.717) is 0 Å². The Kier molecular flexibility index (Phi) is 4.57. The quantitative estimate of drug-likeness (QED) is 0.750. The average molecular weight is 234 g/mol. The molecule has 0 aromatic heterocycles. The van der Waals surface area contributed by atoms with Gasteiger partial charge in [0.15, 0.2) is 0 Å². The minimum absolute atomic E-state index is 0. The van der Waals surface area contributed by atoms with Crippen molar-refractivity contribution in [3.05, 3.63) is 35.5 Å². The van der Waals surface area contributed by atoms with E-state index in [1.807, 2.05) is 13.8 Å². The van der Waals surface area contributed by atoms with Crippen molar-refractivity contribution in [1.82, 2.24) is 10.2 Å². The fraction of sp³-hybridized carbons (Fsp3) is 0.600. The molecule has 0 atom stereocenters. The summed E-state index contributed by atoms with van der Waals surface area (Å²) >= 11 is 0. The van der Waals surface area contributed by atoms with Crippen LogP contribution in [-0.2, 0) is 0 Å². The Morgan fingerprint density at radius 1 is 1.18 bits per heavy atom. The number of nitrogens with one attached hydrogen (secondary N) is 1.